The molecule has 0 aromatic rings. The van der Waals surface area contributed by atoms with Crippen LogP contribution < -0.4 is 0 Å². The summed E-state index contributed by atoms with van der Waals surface area (Å²) in [6, 6.07) is 0. The Labute approximate surface area is 140 Å². The van der Waals surface area contributed by atoms with Gasteiger partial charge in [-0.05, 0) is 69.1 Å². The second kappa shape index (κ2) is 5.40. The lowest BCUT2D eigenvalue weighted by Crippen LogP contribution is -2.60. The van der Waals surface area contributed by atoms with Crippen LogP contribution in [-0.4, -0.2) is 28.6 Å². The van der Waals surface area contributed by atoms with Gasteiger partial charge in [0.1, 0.15) is 0 Å². The number of rotatable bonds is 5. The molecule has 1 unspecified atom stereocenters. The summed E-state index contributed by atoms with van der Waals surface area (Å²) in [6.45, 7) is 3.97. The van der Waals surface area contributed by atoms with E-state index in [1.807, 2.05) is 0 Å². The molecule has 4 bridgehead atoms. The van der Waals surface area contributed by atoms with Crippen LogP contribution in [0.5, 0.6) is 0 Å². The van der Waals surface area contributed by atoms with Crippen LogP contribution in [0.2, 0.25) is 0 Å². The number of alkyl halides is 2. The smallest absolute Gasteiger partial charge is 0.381 e. The van der Waals surface area contributed by atoms with Crippen LogP contribution >= 0.6 is 0 Å². The third kappa shape index (κ3) is 2.44. The highest BCUT2D eigenvalue weighted by Crippen LogP contribution is 2.61. The van der Waals surface area contributed by atoms with Gasteiger partial charge in [-0.1, -0.05) is 13.8 Å². The van der Waals surface area contributed by atoms with Crippen molar-refractivity contribution in [3.05, 3.63) is 0 Å². The molecule has 4 saturated carbocycles. The van der Waals surface area contributed by atoms with E-state index in [-0.39, 0.29) is 0 Å². The van der Waals surface area contributed by atoms with Crippen molar-refractivity contribution in [1.29, 1.82) is 0 Å². The van der Waals surface area contributed by atoms with Crippen molar-refractivity contribution in [2.45, 2.75) is 70.8 Å². The molecule has 0 aromatic carbocycles. The molecule has 6 heteroatoms. The highest BCUT2D eigenvalue weighted by molar-refractivity contribution is 5.81. The van der Waals surface area contributed by atoms with Gasteiger partial charge in [-0.3, -0.25) is 4.79 Å². The van der Waals surface area contributed by atoms with Crippen molar-refractivity contribution in [3.8, 4) is 0 Å². The lowest BCUT2D eigenvalue weighted by atomic mass is 9.49. The molecule has 4 nitrogen and oxygen atoms in total. The molecule has 4 rings (SSSR count). The zero-order valence-corrected chi connectivity index (χ0v) is 14.5. The molecule has 0 aliphatic heterocycles. The van der Waals surface area contributed by atoms with Gasteiger partial charge >= 0.3 is 17.9 Å². The average molecular weight is 344 g/mol. The number of carboxylic acids is 1. The summed E-state index contributed by atoms with van der Waals surface area (Å²) >= 11 is 0. The van der Waals surface area contributed by atoms with Crippen molar-refractivity contribution in [2.75, 3.05) is 0 Å². The van der Waals surface area contributed by atoms with Crippen molar-refractivity contribution < 1.29 is 28.2 Å². The van der Waals surface area contributed by atoms with E-state index in [0.29, 0.717) is 37.0 Å². The molecule has 0 spiro atoms. The van der Waals surface area contributed by atoms with Crippen molar-refractivity contribution in [3.63, 3.8) is 0 Å². The third-order valence-electron chi connectivity index (χ3n) is 6.77. The quantitative estimate of drug-likeness (QED) is 0.769. The summed E-state index contributed by atoms with van der Waals surface area (Å²) in [5.74, 6) is -6.37. The Morgan fingerprint density at radius 1 is 1.08 bits per heavy atom. The molecular weight excluding hydrogens is 318 g/mol. The second-order valence-corrected chi connectivity index (χ2v) is 8.73. The minimum Gasteiger partial charge on any atom is -0.477 e. The summed E-state index contributed by atoms with van der Waals surface area (Å²) in [5, 5.41) is 8.93. The van der Waals surface area contributed by atoms with Crippen molar-refractivity contribution in [1.82, 2.24) is 0 Å². The van der Waals surface area contributed by atoms with E-state index in [2.05, 4.69) is 0 Å². The molecule has 0 saturated heterocycles. The van der Waals surface area contributed by atoms with Crippen LogP contribution in [-0.2, 0) is 14.3 Å². The van der Waals surface area contributed by atoms with E-state index in [9.17, 15) is 18.4 Å². The van der Waals surface area contributed by atoms with E-state index in [1.54, 1.807) is 0 Å². The number of aliphatic carboxylic acids is 1. The zero-order chi connectivity index (χ0) is 17.9. The fourth-order valence-corrected chi connectivity index (χ4v) is 5.42. The highest BCUT2D eigenvalue weighted by atomic mass is 19.3. The number of carbonyl (C=O) groups is 2. The molecule has 0 aromatic heterocycles. The Kier molecular flexibility index (Phi) is 3.96. The first-order valence-electron chi connectivity index (χ1n) is 8.85. The largest absolute Gasteiger partial charge is 0.477 e. The minimum absolute atomic E-state index is 0.481. The summed E-state index contributed by atoms with van der Waals surface area (Å²) in [4.78, 5) is 24.0. The molecule has 24 heavy (non-hydrogen) atoms. The molecule has 136 valence electrons. The topological polar surface area (TPSA) is 63.6 Å². The molecule has 4 fully saturated rings. The van der Waals surface area contributed by atoms with Crippen molar-refractivity contribution >= 4 is 11.9 Å². The van der Waals surface area contributed by atoms with Crippen LogP contribution in [0.25, 0.3) is 0 Å². The van der Waals surface area contributed by atoms with Crippen LogP contribution in [0.1, 0.15) is 59.3 Å². The number of hydrogen-bond acceptors (Lipinski definition) is 3. The van der Waals surface area contributed by atoms with E-state index < -0.39 is 34.8 Å². The maximum atomic E-state index is 14.3. The van der Waals surface area contributed by atoms with Crippen LogP contribution in [0.3, 0.4) is 0 Å². The minimum atomic E-state index is -4.13. The summed E-state index contributed by atoms with van der Waals surface area (Å²) < 4.78 is 33.9. The Bertz CT molecular complexity index is 522. The third-order valence-corrected chi connectivity index (χ3v) is 6.77. The molecular formula is C18H26F2O4. The Morgan fingerprint density at radius 2 is 1.50 bits per heavy atom. The van der Waals surface area contributed by atoms with Gasteiger partial charge in [0.25, 0.3) is 0 Å². The number of ether oxygens (including phenoxy) is 1. The van der Waals surface area contributed by atoms with E-state index >= 15 is 0 Å². The molecule has 1 atom stereocenters. The monoisotopic (exact) mass is 344 g/mol. The van der Waals surface area contributed by atoms with Crippen LogP contribution in [0.15, 0.2) is 0 Å². The first kappa shape index (κ1) is 17.6. The van der Waals surface area contributed by atoms with Gasteiger partial charge in [-0.25, -0.2) is 4.79 Å². The summed E-state index contributed by atoms with van der Waals surface area (Å²) in [5.41, 5.74) is -3.03. The molecule has 4 aliphatic rings. The van der Waals surface area contributed by atoms with Gasteiger partial charge in [0.15, 0.2) is 5.60 Å². The van der Waals surface area contributed by atoms with Crippen LogP contribution in [0.4, 0.5) is 8.78 Å². The maximum Gasteiger partial charge on any atom is 0.381 e. The normalized spacial score (nSPS) is 37.3. The van der Waals surface area contributed by atoms with Gasteiger partial charge < -0.3 is 9.84 Å². The van der Waals surface area contributed by atoms with Gasteiger partial charge in [-0.2, -0.15) is 8.78 Å². The van der Waals surface area contributed by atoms with Gasteiger partial charge in [-0.15, -0.1) is 0 Å². The van der Waals surface area contributed by atoms with E-state index in [1.165, 1.54) is 13.8 Å². The summed E-state index contributed by atoms with van der Waals surface area (Å²) in [6.07, 6.45) is 5.47. The Hall–Kier alpha value is -1.20. The number of hydrogen-bond donors (Lipinski definition) is 1. The lowest BCUT2D eigenvalue weighted by molar-refractivity contribution is -0.239. The fourth-order valence-electron chi connectivity index (χ4n) is 5.42. The van der Waals surface area contributed by atoms with Gasteiger partial charge in [0, 0.05) is 0 Å². The highest BCUT2D eigenvalue weighted by Gasteiger charge is 2.64. The average Bonchev–Trinajstić information content (AvgIpc) is 2.44. The number of carboxylic acid groups (broad SMARTS) is 1. The second-order valence-electron chi connectivity index (χ2n) is 8.73. The Morgan fingerprint density at radius 3 is 1.83 bits per heavy atom. The first-order valence-corrected chi connectivity index (χ1v) is 8.85. The maximum absolute atomic E-state index is 14.3. The SMILES string of the molecule is CC(C)C(C)(OC(=O)C12CC3CC(CC(C3)C1)C2)C(F)(F)C(=O)O. The van der Waals surface area contributed by atoms with Crippen molar-refractivity contribution in [2.24, 2.45) is 29.1 Å². The summed E-state index contributed by atoms with van der Waals surface area (Å²) in [7, 11) is 0. The number of esters is 1. The molecule has 1 N–H and O–H groups in total. The lowest BCUT2D eigenvalue weighted by Gasteiger charge is -2.55. The predicted molar refractivity (Wildman–Crippen MR) is 82.5 cm³/mol. The Balaban J connectivity index is 1.86. The number of carbonyl (C=O) groups excluding carboxylic acids is 1. The van der Waals surface area contributed by atoms with E-state index in [0.717, 1.165) is 26.2 Å². The molecule has 0 amide bonds. The first-order chi connectivity index (χ1) is 11.0. The van der Waals surface area contributed by atoms with Gasteiger partial charge in [0.05, 0.1) is 5.41 Å². The fraction of sp³-hybridized carbons (Fsp3) is 0.889. The van der Waals surface area contributed by atoms with Crippen LogP contribution in [0, 0.1) is 29.1 Å². The van der Waals surface area contributed by atoms with Gasteiger partial charge in [0.2, 0.25) is 0 Å². The van der Waals surface area contributed by atoms with E-state index in [4.69, 9.17) is 9.84 Å². The number of halogens is 2. The molecule has 4 aliphatic carbocycles. The zero-order valence-electron chi connectivity index (χ0n) is 14.5. The standard InChI is InChI=1S/C18H26F2O4/c1-10(2)16(3,18(19,20)14(21)22)24-15(23)17-7-11-4-12(8-17)6-13(5-11)9-17/h10-13H,4-9H2,1-3H3,(H,21,22). The molecule has 0 heterocycles. The predicted octanol–water partition coefficient (Wildman–Crippen LogP) is 3.88. The molecule has 0 radical (unpaired) electrons.